The van der Waals surface area contributed by atoms with Crippen LogP contribution in [0.25, 0.3) is 5.76 Å². The van der Waals surface area contributed by atoms with Gasteiger partial charge in [-0.25, -0.2) is 0 Å². The van der Waals surface area contributed by atoms with Gasteiger partial charge < -0.3 is 29.9 Å². The maximum atomic E-state index is 14.2. The molecule has 1 spiro atoms. The first-order valence-corrected chi connectivity index (χ1v) is 13.8. The van der Waals surface area contributed by atoms with E-state index in [1.165, 1.54) is 12.1 Å². The Bertz CT molecular complexity index is 1720. The largest absolute Gasteiger partial charge is 0.507 e. The van der Waals surface area contributed by atoms with E-state index >= 15 is 0 Å². The van der Waals surface area contributed by atoms with E-state index in [0.717, 1.165) is 7.11 Å². The van der Waals surface area contributed by atoms with Gasteiger partial charge in [0.15, 0.2) is 23.0 Å². The fourth-order valence-corrected chi connectivity index (χ4v) is 7.83. The standard InChI is InChI=1S/C32H28O10/c1-13-9-17-23(19(34)10-13)28(39)25-26(37)15-7-8-31(25,30(17)40)11-14-3-4-16-27(38)24-18(33)5-6-20(35)32(24,12-21(36)41-2)42-29(16)22(14)15/h3-4,7-10,15,20,25,30,34-35,38,40H,5-6,11-12H2,1-2H3/t15-,20-,25?,30+,31+,32-/m1/s1. The second kappa shape index (κ2) is 8.62. The van der Waals surface area contributed by atoms with Crippen molar-refractivity contribution in [1.29, 1.82) is 0 Å². The Balaban J connectivity index is 1.45. The van der Waals surface area contributed by atoms with Gasteiger partial charge in [0.25, 0.3) is 0 Å². The third-order valence-electron chi connectivity index (χ3n) is 9.72. The van der Waals surface area contributed by atoms with E-state index < -0.39 is 70.6 Å². The quantitative estimate of drug-likeness (QED) is 0.239. The number of benzene rings is 2. The maximum absolute atomic E-state index is 14.2. The predicted molar refractivity (Wildman–Crippen MR) is 145 cm³/mol. The van der Waals surface area contributed by atoms with E-state index in [9.17, 15) is 39.6 Å². The number of aryl methyl sites for hydroxylation is 1. The van der Waals surface area contributed by atoms with Crippen LogP contribution in [0.4, 0.5) is 0 Å². The summed E-state index contributed by atoms with van der Waals surface area (Å²) < 4.78 is 11.3. The number of aromatic hydroxyl groups is 1. The third-order valence-corrected chi connectivity index (χ3v) is 9.72. The summed E-state index contributed by atoms with van der Waals surface area (Å²) in [4.78, 5) is 53.8. The molecular weight excluding hydrogens is 544 g/mol. The van der Waals surface area contributed by atoms with Crippen LogP contribution >= 0.6 is 0 Å². The lowest BCUT2D eigenvalue weighted by Gasteiger charge is -2.46. The lowest BCUT2D eigenvalue weighted by Crippen LogP contribution is -2.57. The molecule has 0 radical (unpaired) electrons. The van der Waals surface area contributed by atoms with Crippen molar-refractivity contribution in [2.45, 2.75) is 56.3 Å². The highest BCUT2D eigenvalue weighted by atomic mass is 16.5. The van der Waals surface area contributed by atoms with Gasteiger partial charge in [0.2, 0.25) is 0 Å². The number of aliphatic hydroxyl groups excluding tert-OH is 3. The molecule has 10 nitrogen and oxygen atoms in total. The van der Waals surface area contributed by atoms with Crippen molar-refractivity contribution in [3.8, 4) is 11.5 Å². The summed E-state index contributed by atoms with van der Waals surface area (Å²) in [6.07, 6.45) is 0.0469. The van der Waals surface area contributed by atoms with Gasteiger partial charge in [-0.05, 0) is 48.6 Å². The Morgan fingerprint density at radius 3 is 2.64 bits per heavy atom. The van der Waals surface area contributed by atoms with Crippen molar-refractivity contribution in [3.05, 3.63) is 75.4 Å². The average molecular weight is 573 g/mol. The van der Waals surface area contributed by atoms with Crippen LogP contribution in [0.2, 0.25) is 0 Å². The van der Waals surface area contributed by atoms with E-state index in [0.29, 0.717) is 16.7 Å². The molecule has 4 N–H and O–H groups in total. The molecular formula is C32H28O10. The number of ketones is 3. The molecule has 1 aliphatic heterocycles. The number of fused-ring (bicyclic) bond motifs is 3. The highest BCUT2D eigenvalue weighted by Crippen LogP contribution is 2.61. The molecule has 1 saturated carbocycles. The number of methoxy groups -OCH3 is 1. The van der Waals surface area contributed by atoms with Crippen LogP contribution in [0.5, 0.6) is 11.5 Å². The number of phenols is 1. The van der Waals surface area contributed by atoms with Crippen LogP contribution in [0.3, 0.4) is 0 Å². The van der Waals surface area contributed by atoms with Crippen molar-refractivity contribution in [3.63, 3.8) is 0 Å². The number of carbonyl (C=O) groups excluding carboxylic acids is 4. The highest BCUT2D eigenvalue weighted by Gasteiger charge is 2.62. The lowest BCUT2D eigenvalue weighted by molar-refractivity contribution is -0.150. The Hall–Kier alpha value is -4.28. The van der Waals surface area contributed by atoms with Gasteiger partial charge >= 0.3 is 5.97 Å². The van der Waals surface area contributed by atoms with Crippen molar-refractivity contribution >= 4 is 29.1 Å². The summed E-state index contributed by atoms with van der Waals surface area (Å²) >= 11 is 0. The average Bonchev–Trinajstić information content (AvgIpc) is 3.17. The monoisotopic (exact) mass is 572 g/mol. The van der Waals surface area contributed by atoms with E-state index in [-0.39, 0.29) is 53.0 Å². The van der Waals surface area contributed by atoms with Crippen LogP contribution < -0.4 is 4.74 Å². The van der Waals surface area contributed by atoms with Crippen molar-refractivity contribution < 1.29 is 49.1 Å². The fourth-order valence-electron chi connectivity index (χ4n) is 7.83. The zero-order valence-electron chi connectivity index (χ0n) is 22.8. The van der Waals surface area contributed by atoms with Crippen molar-refractivity contribution in [2.24, 2.45) is 11.3 Å². The normalized spacial score (nSPS) is 32.2. The van der Waals surface area contributed by atoms with E-state index in [4.69, 9.17) is 9.47 Å². The minimum Gasteiger partial charge on any atom is -0.507 e. The summed E-state index contributed by atoms with van der Waals surface area (Å²) in [6, 6.07) is 6.26. The molecule has 6 atom stereocenters. The summed E-state index contributed by atoms with van der Waals surface area (Å²) in [6.45, 7) is 1.73. The summed E-state index contributed by atoms with van der Waals surface area (Å²) in [5.74, 6) is -5.45. The number of rotatable bonds is 2. The smallest absolute Gasteiger partial charge is 0.310 e. The summed E-state index contributed by atoms with van der Waals surface area (Å²) in [5, 5.41) is 45.1. The van der Waals surface area contributed by atoms with Crippen LogP contribution in [0.15, 0.2) is 42.0 Å². The Labute approximate surface area is 239 Å². The first-order chi connectivity index (χ1) is 19.9. The van der Waals surface area contributed by atoms with E-state index in [1.54, 1.807) is 31.2 Å². The molecule has 6 aliphatic rings. The molecule has 42 heavy (non-hydrogen) atoms. The predicted octanol–water partition coefficient (Wildman–Crippen LogP) is 2.70. The minimum absolute atomic E-state index is 0.0169. The summed E-state index contributed by atoms with van der Waals surface area (Å²) in [7, 11) is 1.16. The van der Waals surface area contributed by atoms with Gasteiger partial charge in [-0.1, -0.05) is 24.3 Å². The molecule has 8 rings (SSSR count). The Morgan fingerprint density at radius 1 is 1.14 bits per heavy atom. The second-order valence-electron chi connectivity index (χ2n) is 11.9. The molecule has 1 unspecified atom stereocenters. The number of ether oxygens (including phenoxy) is 2. The van der Waals surface area contributed by atoms with Crippen molar-refractivity contribution in [1.82, 2.24) is 0 Å². The van der Waals surface area contributed by atoms with Crippen LogP contribution in [0, 0.1) is 18.3 Å². The number of phenolic OH excluding ortho intramolecular Hbond substituents is 1. The molecule has 0 saturated heterocycles. The molecule has 216 valence electrons. The number of carbonyl (C=O) groups is 4. The van der Waals surface area contributed by atoms with Gasteiger partial charge in [-0.3, -0.25) is 19.2 Å². The highest BCUT2D eigenvalue weighted by molar-refractivity contribution is 6.18. The molecule has 1 fully saturated rings. The molecule has 5 aliphatic carbocycles. The number of hydrogen-bond donors (Lipinski definition) is 4. The van der Waals surface area contributed by atoms with Crippen LogP contribution in [-0.4, -0.2) is 62.6 Å². The van der Waals surface area contributed by atoms with Gasteiger partial charge in [-0.15, -0.1) is 0 Å². The topological polar surface area (TPSA) is 168 Å². The number of esters is 1. The molecule has 1 heterocycles. The number of allylic oxidation sites excluding steroid dienone is 1. The molecule has 0 aromatic heterocycles. The molecule has 10 heteroatoms. The van der Waals surface area contributed by atoms with Gasteiger partial charge in [0.05, 0.1) is 54.3 Å². The summed E-state index contributed by atoms with van der Waals surface area (Å²) in [5.41, 5.74) is -1.72. The number of Topliss-reactive ketones (excluding diaryl/α,β-unsaturated/α-hetero) is 3. The number of hydrogen-bond acceptors (Lipinski definition) is 10. The third kappa shape index (κ3) is 3.16. The van der Waals surface area contributed by atoms with Gasteiger partial charge in [0, 0.05) is 17.4 Å². The Morgan fingerprint density at radius 2 is 1.90 bits per heavy atom. The lowest BCUT2D eigenvalue weighted by atomic mass is 9.56. The zero-order chi connectivity index (χ0) is 29.9. The van der Waals surface area contributed by atoms with Crippen LogP contribution in [0.1, 0.15) is 69.5 Å². The molecule has 2 bridgehead atoms. The molecule has 0 amide bonds. The SMILES string of the molecule is COC(=O)C[C@]12Oc3c(ccc4c3[C@H]3C=C[C@]5(C4)C(C(=O)c4c(O)cc(C)cc4[C@@H]5O)C3=O)C(O)=C1C(=O)CC[C@H]2O. The van der Waals surface area contributed by atoms with Gasteiger partial charge in [0.1, 0.15) is 17.3 Å². The van der Waals surface area contributed by atoms with Crippen LogP contribution in [-0.2, 0) is 25.5 Å². The molecule has 2 aromatic carbocycles. The van der Waals surface area contributed by atoms with Gasteiger partial charge in [-0.2, -0.15) is 0 Å². The first-order valence-electron chi connectivity index (χ1n) is 13.8. The second-order valence-corrected chi connectivity index (χ2v) is 11.9. The fraction of sp³-hybridized carbons (Fsp3) is 0.375. The minimum atomic E-state index is -1.95. The molecule has 2 aromatic rings. The van der Waals surface area contributed by atoms with Crippen molar-refractivity contribution in [2.75, 3.05) is 7.11 Å². The maximum Gasteiger partial charge on any atom is 0.310 e. The Kier molecular flexibility index (Phi) is 5.46. The van der Waals surface area contributed by atoms with E-state index in [2.05, 4.69) is 0 Å². The van der Waals surface area contributed by atoms with E-state index in [1.807, 2.05) is 0 Å². The zero-order valence-corrected chi connectivity index (χ0v) is 22.8. The number of aliphatic hydroxyl groups is 3. The first kappa shape index (κ1) is 26.6.